The fraction of sp³-hybridized carbons (Fsp3) is 0.611. The number of rotatable bonds is 1. The van der Waals surface area contributed by atoms with E-state index in [1.165, 1.54) is 29.7 Å². The maximum atomic E-state index is 13.1. The Morgan fingerprint density at radius 3 is 3.16 bits per heavy atom. The van der Waals surface area contributed by atoms with Gasteiger partial charge in [0.05, 0.1) is 35.5 Å². The molecule has 2 aromatic rings. The summed E-state index contributed by atoms with van der Waals surface area (Å²) in [5.41, 5.74) is 2.40. The van der Waals surface area contributed by atoms with Crippen LogP contribution in [0.1, 0.15) is 57.5 Å². The monoisotopic (exact) mass is 358 g/mol. The number of amides is 1. The first-order valence-electron chi connectivity index (χ1n) is 9.21. The molecule has 1 fully saturated rings. The maximum Gasteiger partial charge on any atom is 0.264 e. The Morgan fingerprint density at radius 1 is 1.28 bits per heavy atom. The molecule has 0 unspecified atom stereocenters. The molecule has 132 valence electrons. The zero-order chi connectivity index (χ0) is 16.8. The zero-order valence-electron chi connectivity index (χ0n) is 14.2. The fourth-order valence-electron chi connectivity index (χ4n) is 4.29. The summed E-state index contributed by atoms with van der Waals surface area (Å²) in [5.74, 6) is 0.170. The first-order valence-corrected chi connectivity index (χ1v) is 10.0. The Labute approximate surface area is 150 Å². The number of aromatic nitrogens is 3. The number of carbonyl (C=O) groups excluding carboxylic acids is 1. The van der Waals surface area contributed by atoms with Crippen LogP contribution < -0.4 is 0 Å². The number of fused-ring (bicyclic) bond motifs is 4. The number of hydrogen-bond donors (Lipinski definition) is 0. The van der Waals surface area contributed by atoms with Gasteiger partial charge in [-0.2, -0.15) is 0 Å². The smallest absolute Gasteiger partial charge is 0.264 e. The molecule has 0 saturated carbocycles. The Hall–Kier alpha value is -1.73. The Balaban J connectivity index is 1.37. The van der Waals surface area contributed by atoms with Gasteiger partial charge >= 0.3 is 0 Å². The average molecular weight is 358 g/mol. The molecule has 2 aromatic heterocycles. The molecule has 25 heavy (non-hydrogen) atoms. The van der Waals surface area contributed by atoms with Crippen LogP contribution in [0.2, 0.25) is 0 Å². The third-order valence-electron chi connectivity index (χ3n) is 5.67. The predicted octanol–water partition coefficient (Wildman–Crippen LogP) is 2.59. The second kappa shape index (κ2) is 6.21. The number of hydrogen-bond acceptors (Lipinski definition) is 5. The standard InChI is InChI=1S/C18H22N4O2S/c23-18(17-8-12-4-2-1-3-5-16(12)25-17)21-7-6-15-14(10-21)22-13(11-24-15)9-19-20-22/h8-9,14-15H,1-7,10-11H2/t14-,15-/m0/s1. The van der Waals surface area contributed by atoms with Crippen LogP contribution in [-0.2, 0) is 24.2 Å². The van der Waals surface area contributed by atoms with E-state index in [4.69, 9.17) is 4.74 Å². The number of piperidine rings is 1. The van der Waals surface area contributed by atoms with Crippen LogP contribution in [0.5, 0.6) is 0 Å². The summed E-state index contributed by atoms with van der Waals surface area (Å²) in [4.78, 5) is 17.4. The van der Waals surface area contributed by atoms with Crippen LogP contribution in [0.15, 0.2) is 12.3 Å². The molecule has 0 bridgehead atoms. The van der Waals surface area contributed by atoms with E-state index in [9.17, 15) is 4.79 Å². The van der Waals surface area contributed by atoms with E-state index in [-0.39, 0.29) is 18.1 Å². The van der Waals surface area contributed by atoms with Crippen molar-refractivity contribution >= 4 is 17.2 Å². The fourth-order valence-corrected chi connectivity index (χ4v) is 5.51. The van der Waals surface area contributed by atoms with Gasteiger partial charge in [-0.3, -0.25) is 4.79 Å². The van der Waals surface area contributed by atoms with Gasteiger partial charge in [-0.25, -0.2) is 4.68 Å². The minimum atomic E-state index is 0.0849. The van der Waals surface area contributed by atoms with E-state index in [0.717, 1.165) is 36.4 Å². The molecule has 5 rings (SSSR count). The number of ether oxygens (including phenoxy) is 1. The molecule has 0 radical (unpaired) electrons. The summed E-state index contributed by atoms with van der Waals surface area (Å²) in [7, 11) is 0. The number of likely N-dealkylation sites (tertiary alicyclic amines) is 1. The van der Waals surface area contributed by atoms with E-state index in [0.29, 0.717) is 13.2 Å². The third-order valence-corrected chi connectivity index (χ3v) is 6.90. The molecule has 7 heteroatoms. The summed E-state index contributed by atoms with van der Waals surface area (Å²) in [6.45, 7) is 1.98. The van der Waals surface area contributed by atoms with Crippen LogP contribution >= 0.6 is 11.3 Å². The van der Waals surface area contributed by atoms with Crippen molar-refractivity contribution in [2.45, 2.75) is 57.3 Å². The lowest BCUT2D eigenvalue weighted by atomic mass is 10.00. The highest BCUT2D eigenvalue weighted by molar-refractivity contribution is 7.14. The number of aryl methyl sites for hydroxylation is 2. The van der Waals surface area contributed by atoms with Gasteiger partial charge in [-0.05, 0) is 43.7 Å². The molecular formula is C18H22N4O2S. The molecule has 2 aliphatic heterocycles. The van der Waals surface area contributed by atoms with E-state index < -0.39 is 0 Å². The summed E-state index contributed by atoms with van der Waals surface area (Å²) in [6, 6.07) is 2.24. The highest BCUT2D eigenvalue weighted by Crippen LogP contribution is 2.33. The lowest BCUT2D eigenvalue weighted by molar-refractivity contribution is -0.0604. The second-order valence-electron chi connectivity index (χ2n) is 7.25. The number of carbonyl (C=O) groups is 1. The van der Waals surface area contributed by atoms with Gasteiger partial charge in [-0.15, -0.1) is 16.4 Å². The summed E-state index contributed by atoms with van der Waals surface area (Å²) < 4.78 is 7.90. The van der Waals surface area contributed by atoms with Crippen LogP contribution in [0.25, 0.3) is 0 Å². The van der Waals surface area contributed by atoms with Crippen LogP contribution in [0.4, 0.5) is 0 Å². The van der Waals surface area contributed by atoms with Crippen LogP contribution in [-0.4, -0.2) is 45.0 Å². The Bertz CT molecular complexity index is 775. The number of nitrogens with zero attached hydrogens (tertiary/aromatic N) is 4. The van der Waals surface area contributed by atoms with Crippen molar-refractivity contribution < 1.29 is 9.53 Å². The van der Waals surface area contributed by atoms with Gasteiger partial charge in [-0.1, -0.05) is 11.6 Å². The molecule has 3 aliphatic rings. The highest BCUT2D eigenvalue weighted by Gasteiger charge is 2.38. The Morgan fingerprint density at radius 2 is 2.20 bits per heavy atom. The maximum absolute atomic E-state index is 13.1. The second-order valence-corrected chi connectivity index (χ2v) is 8.38. The molecule has 2 atom stereocenters. The third kappa shape index (κ3) is 2.69. The number of thiophene rings is 1. The Kier molecular flexibility index (Phi) is 3.86. The van der Waals surface area contributed by atoms with Crippen molar-refractivity contribution in [3.05, 3.63) is 33.3 Å². The van der Waals surface area contributed by atoms with E-state index >= 15 is 0 Å². The minimum Gasteiger partial charge on any atom is -0.370 e. The lowest BCUT2D eigenvalue weighted by Crippen LogP contribution is -2.49. The molecule has 1 amide bonds. The first kappa shape index (κ1) is 15.5. The molecule has 1 aliphatic carbocycles. The van der Waals surface area contributed by atoms with Crippen molar-refractivity contribution in [1.82, 2.24) is 19.9 Å². The van der Waals surface area contributed by atoms with Crippen LogP contribution in [0.3, 0.4) is 0 Å². The molecule has 6 nitrogen and oxygen atoms in total. The highest BCUT2D eigenvalue weighted by atomic mass is 32.1. The van der Waals surface area contributed by atoms with Crippen molar-refractivity contribution in [2.75, 3.05) is 13.1 Å². The quantitative estimate of drug-likeness (QED) is 0.735. The van der Waals surface area contributed by atoms with E-state index in [1.54, 1.807) is 17.5 Å². The van der Waals surface area contributed by atoms with E-state index in [1.807, 2.05) is 9.58 Å². The molecule has 4 heterocycles. The SMILES string of the molecule is O=C(c1cc2c(s1)CCCCC2)N1CC[C@@H]2OCc3cnnn3[C@H]2C1. The summed E-state index contributed by atoms with van der Waals surface area (Å²) in [5, 5.41) is 8.23. The van der Waals surface area contributed by atoms with Gasteiger partial charge < -0.3 is 9.64 Å². The molecule has 1 saturated heterocycles. The molecular weight excluding hydrogens is 336 g/mol. The molecule has 0 aromatic carbocycles. The van der Waals surface area contributed by atoms with Gasteiger partial charge in [0, 0.05) is 18.0 Å². The predicted molar refractivity (Wildman–Crippen MR) is 93.7 cm³/mol. The van der Waals surface area contributed by atoms with Gasteiger partial charge in [0.2, 0.25) is 0 Å². The van der Waals surface area contributed by atoms with E-state index in [2.05, 4.69) is 16.4 Å². The largest absolute Gasteiger partial charge is 0.370 e. The van der Waals surface area contributed by atoms with Crippen molar-refractivity contribution in [3.8, 4) is 0 Å². The minimum absolute atomic E-state index is 0.0849. The van der Waals surface area contributed by atoms with Crippen molar-refractivity contribution in [1.29, 1.82) is 0 Å². The lowest BCUT2D eigenvalue weighted by Gasteiger charge is -2.40. The summed E-state index contributed by atoms with van der Waals surface area (Å²) in [6.07, 6.45) is 8.82. The average Bonchev–Trinajstić information content (AvgIpc) is 3.23. The zero-order valence-corrected chi connectivity index (χ0v) is 15.0. The molecule has 0 N–H and O–H groups in total. The van der Waals surface area contributed by atoms with Crippen molar-refractivity contribution in [3.63, 3.8) is 0 Å². The van der Waals surface area contributed by atoms with Crippen molar-refractivity contribution in [2.24, 2.45) is 0 Å². The topological polar surface area (TPSA) is 60.3 Å². The van der Waals surface area contributed by atoms with Crippen LogP contribution in [0, 0.1) is 0 Å². The van der Waals surface area contributed by atoms with Gasteiger partial charge in [0.15, 0.2) is 0 Å². The van der Waals surface area contributed by atoms with Gasteiger partial charge in [0.1, 0.15) is 0 Å². The summed E-state index contributed by atoms with van der Waals surface area (Å²) >= 11 is 1.71. The van der Waals surface area contributed by atoms with Gasteiger partial charge in [0.25, 0.3) is 5.91 Å². The normalized spacial score (nSPS) is 25.7. The molecule has 0 spiro atoms. The first-order chi connectivity index (χ1) is 12.3.